The first-order valence-corrected chi connectivity index (χ1v) is 6.35. The molecule has 0 bridgehead atoms. The first kappa shape index (κ1) is 13.2. The van der Waals surface area contributed by atoms with Gasteiger partial charge in [0.2, 0.25) is 0 Å². The van der Waals surface area contributed by atoms with Crippen molar-refractivity contribution < 1.29 is 0 Å². The Morgan fingerprint density at radius 2 is 1.94 bits per heavy atom. The summed E-state index contributed by atoms with van der Waals surface area (Å²) in [6.07, 6.45) is 2.09. The quantitative estimate of drug-likeness (QED) is 0.802. The van der Waals surface area contributed by atoms with Crippen molar-refractivity contribution in [2.45, 2.75) is 53.6 Å². The Morgan fingerprint density at radius 1 is 1.25 bits per heavy atom. The molecular formula is C13H25N3. The molecule has 0 radical (unpaired) electrons. The standard InChI is InChI=1S/C13H25N3/c1-6-12-11(8-14-5)13(7-2)16(15-12)9-10(3)4/h10,14H,6-9H2,1-5H3. The van der Waals surface area contributed by atoms with Crippen LogP contribution in [0.4, 0.5) is 0 Å². The molecule has 0 aromatic carbocycles. The molecule has 16 heavy (non-hydrogen) atoms. The second kappa shape index (κ2) is 6.04. The van der Waals surface area contributed by atoms with Gasteiger partial charge in [0, 0.05) is 24.3 Å². The lowest BCUT2D eigenvalue weighted by Crippen LogP contribution is -2.12. The van der Waals surface area contributed by atoms with Crippen LogP contribution in [0.25, 0.3) is 0 Å². The van der Waals surface area contributed by atoms with Crippen molar-refractivity contribution in [2.24, 2.45) is 5.92 Å². The minimum absolute atomic E-state index is 0.650. The van der Waals surface area contributed by atoms with Gasteiger partial charge in [-0.15, -0.1) is 0 Å². The third-order valence-electron chi connectivity index (χ3n) is 2.81. The van der Waals surface area contributed by atoms with E-state index in [2.05, 4.69) is 37.7 Å². The van der Waals surface area contributed by atoms with Gasteiger partial charge in [0.25, 0.3) is 0 Å². The highest BCUT2D eigenvalue weighted by Crippen LogP contribution is 2.17. The Labute approximate surface area is 99.2 Å². The minimum atomic E-state index is 0.650. The molecule has 1 heterocycles. The number of nitrogens with one attached hydrogen (secondary N) is 1. The van der Waals surface area contributed by atoms with Crippen LogP contribution in [-0.2, 0) is 25.9 Å². The smallest absolute Gasteiger partial charge is 0.0669 e. The van der Waals surface area contributed by atoms with Gasteiger partial charge in [0.1, 0.15) is 0 Å². The predicted octanol–water partition coefficient (Wildman–Crippen LogP) is 2.38. The van der Waals surface area contributed by atoms with E-state index in [9.17, 15) is 0 Å². The molecule has 0 saturated carbocycles. The van der Waals surface area contributed by atoms with Crippen LogP contribution in [0.15, 0.2) is 0 Å². The monoisotopic (exact) mass is 223 g/mol. The van der Waals surface area contributed by atoms with Gasteiger partial charge < -0.3 is 5.32 Å². The fraction of sp³-hybridized carbons (Fsp3) is 0.769. The maximum absolute atomic E-state index is 4.73. The van der Waals surface area contributed by atoms with E-state index in [4.69, 9.17) is 5.10 Å². The van der Waals surface area contributed by atoms with Crippen molar-refractivity contribution in [3.63, 3.8) is 0 Å². The topological polar surface area (TPSA) is 29.9 Å². The summed E-state index contributed by atoms with van der Waals surface area (Å²) >= 11 is 0. The maximum Gasteiger partial charge on any atom is 0.0669 e. The molecule has 0 unspecified atom stereocenters. The molecule has 1 N–H and O–H groups in total. The molecule has 1 rings (SSSR count). The lowest BCUT2D eigenvalue weighted by atomic mass is 10.1. The molecule has 0 aliphatic heterocycles. The van der Waals surface area contributed by atoms with Gasteiger partial charge in [-0.25, -0.2) is 0 Å². The summed E-state index contributed by atoms with van der Waals surface area (Å²) in [5, 5.41) is 7.98. The summed E-state index contributed by atoms with van der Waals surface area (Å²) < 4.78 is 2.20. The van der Waals surface area contributed by atoms with Crippen molar-refractivity contribution >= 4 is 0 Å². The molecule has 92 valence electrons. The number of hydrogen-bond acceptors (Lipinski definition) is 2. The van der Waals surface area contributed by atoms with Crippen LogP contribution in [0.5, 0.6) is 0 Å². The normalized spacial score (nSPS) is 11.4. The summed E-state index contributed by atoms with van der Waals surface area (Å²) in [5.41, 5.74) is 4.07. The largest absolute Gasteiger partial charge is 0.316 e. The summed E-state index contributed by atoms with van der Waals surface area (Å²) in [6, 6.07) is 0. The molecule has 0 amide bonds. The van der Waals surface area contributed by atoms with Crippen LogP contribution in [0.2, 0.25) is 0 Å². The lowest BCUT2D eigenvalue weighted by Gasteiger charge is -2.09. The number of rotatable bonds is 6. The number of nitrogens with zero attached hydrogens (tertiary/aromatic N) is 2. The second-order valence-electron chi connectivity index (χ2n) is 4.69. The minimum Gasteiger partial charge on any atom is -0.316 e. The molecule has 1 aromatic heterocycles. The van der Waals surface area contributed by atoms with E-state index in [0.29, 0.717) is 5.92 Å². The van der Waals surface area contributed by atoms with Crippen LogP contribution in [0, 0.1) is 5.92 Å². The third kappa shape index (κ3) is 2.85. The molecule has 0 spiro atoms. The van der Waals surface area contributed by atoms with Crippen LogP contribution in [0.3, 0.4) is 0 Å². The molecule has 0 aliphatic carbocycles. The van der Waals surface area contributed by atoms with Crippen LogP contribution >= 0.6 is 0 Å². The van der Waals surface area contributed by atoms with Crippen LogP contribution in [-0.4, -0.2) is 16.8 Å². The molecule has 0 fully saturated rings. The lowest BCUT2D eigenvalue weighted by molar-refractivity contribution is 0.466. The summed E-state index contributed by atoms with van der Waals surface area (Å²) in [6.45, 7) is 10.8. The Hall–Kier alpha value is -0.830. The fourth-order valence-electron chi connectivity index (χ4n) is 2.15. The van der Waals surface area contributed by atoms with Crippen molar-refractivity contribution in [3.8, 4) is 0 Å². The van der Waals surface area contributed by atoms with Crippen molar-refractivity contribution in [2.75, 3.05) is 7.05 Å². The highest BCUT2D eigenvalue weighted by atomic mass is 15.3. The summed E-state index contributed by atoms with van der Waals surface area (Å²) in [4.78, 5) is 0. The maximum atomic E-state index is 4.73. The van der Waals surface area contributed by atoms with Crippen molar-refractivity contribution in [1.82, 2.24) is 15.1 Å². The average molecular weight is 223 g/mol. The highest BCUT2D eigenvalue weighted by molar-refractivity contribution is 5.26. The van der Waals surface area contributed by atoms with Crippen molar-refractivity contribution in [1.29, 1.82) is 0 Å². The Balaban J connectivity index is 3.08. The van der Waals surface area contributed by atoms with Gasteiger partial charge in [-0.2, -0.15) is 5.10 Å². The molecule has 0 atom stereocenters. The summed E-state index contributed by atoms with van der Waals surface area (Å²) in [7, 11) is 2.00. The summed E-state index contributed by atoms with van der Waals surface area (Å²) in [5.74, 6) is 0.650. The first-order chi connectivity index (χ1) is 7.63. The number of aryl methyl sites for hydroxylation is 1. The average Bonchev–Trinajstić information content (AvgIpc) is 2.55. The molecule has 0 saturated heterocycles. The van der Waals surface area contributed by atoms with E-state index in [1.54, 1.807) is 0 Å². The molecule has 1 aromatic rings. The van der Waals surface area contributed by atoms with E-state index >= 15 is 0 Å². The fourth-order valence-corrected chi connectivity index (χ4v) is 2.15. The van der Waals surface area contributed by atoms with E-state index < -0.39 is 0 Å². The number of aromatic nitrogens is 2. The van der Waals surface area contributed by atoms with Gasteiger partial charge in [-0.05, 0) is 25.8 Å². The third-order valence-corrected chi connectivity index (χ3v) is 2.81. The van der Waals surface area contributed by atoms with E-state index in [1.807, 2.05) is 7.05 Å². The van der Waals surface area contributed by atoms with Crippen LogP contribution in [0.1, 0.15) is 44.6 Å². The SMILES string of the molecule is CCc1nn(CC(C)C)c(CC)c1CNC. The first-order valence-electron chi connectivity index (χ1n) is 6.35. The van der Waals surface area contributed by atoms with Gasteiger partial charge >= 0.3 is 0 Å². The Kier molecular flexibility index (Phi) is 5.00. The predicted molar refractivity (Wildman–Crippen MR) is 68.6 cm³/mol. The molecule has 0 aliphatic rings. The molecule has 3 nitrogen and oxygen atoms in total. The van der Waals surface area contributed by atoms with E-state index in [0.717, 1.165) is 25.9 Å². The zero-order chi connectivity index (χ0) is 12.1. The Morgan fingerprint density at radius 3 is 2.38 bits per heavy atom. The number of hydrogen-bond donors (Lipinski definition) is 1. The zero-order valence-corrected chi connectivity index (χ0v) is 11.3. The highest BCUT2D eigenvalue weighted by Gasteiger charge is 2.14. The Bertz CT molecular complexity index is 326. The van der Waals surface area contributed by atoms with Gasteiger partial charge in [-0.1, -0.05) is 27.7 Å². The van der Waals surface area contributed by atoms with Gasteiger partial charge in [0.15, 0.2) is 0 Å². The van der Waals surface area contributed by atoms with Gasteiger partial charge in [-0.3, -0.25) is 4.68 Å². The van der Waals surface area contributed by atoms with Gasteiger partial charge in [0.05, 0.1) is 5.69 Å². The second-order valence-corrected chi connectivity index (χ2v) is 4.69. The zero-order valence-electron chi connectivity index (χ0n) is 11.3. The molecule has 3 heteroatoms. The van der Waals surface area contributed by atoms with E-state index in [1.165, 1.54) is 17.0 Å². The van der Waals surface area contributed by atoms with Crippen molar-refractivity contribution in [3.05, 3.63) is 17.0 Å². The molecular weight excluding hydrogens is 198 g/mol. The van der Waals surface area contributed by atoms with Crippen LogP contribution < -0.4 is 5.32 Å². The van der Waals surface area contributed by atoms with E-state index in [-0.39, 0.29) is 0 Å².